The number of carbonyl (C=O) groups is 1. The minimum Gasteiger partial charge on any atom is -0.486 e. The molecule has 1 fully saturated rings. The Hall–Kier alpha value is -3.42. The van der Waals surface area contributed by atoms with E-state index in [2.05, 4.69) is 10.1 Å². The van der Waals surface area contributed by atoms with Crippen LogP contribution in [0.1, 0.15) is 43.2 Å². The summed E-state index contributed by atoms with van der Waals surface area (Å²) >= 11 is 0. The van der Waals surface area contributed by atoms with Crippen molar-refractivity contribution in [1.29, 1.82) is 0 Å². The van der Waals surface area contributed by atoms with Crippen LogP contribution >= 0.6 is 0 Å². The SMILES string of the molecule is O=C(CCCc1nc(-c2ccc(F)cc2)no1)N1CCCC1c1ccc2c(c1)OCCO2. The molecule has 8 heteroatoms. The zero-order valence-electron chi connectivity index (χ0n) is 17.6. The summed E-state index contributed by atoms with van der Waals surface area (Å²) in [5, 5.41) is 3.95. The summed E-state index contributed by atoms with van der Waals surface area (Å²) in [6.45, 7) is 1.86. The number of hydrogen-bond acceptors (Lipinski definition) is 6. The van der Waals surface area contributed by atoms with Gasteiger partial charge < -0.3 is 18.9 Å². The van der Waals surface area contributed by atoms with Gasteiger partial charge in [-0.25, -0.2) is 4.39 Å². The molecule has 32 heavy (non-hydrogen) atoms. The van der Waals surface area contributed by atoms with Crippen molar-refractivity contribution in [2.75, 3.05) is 19.8 Å². The van der Waals surface area contributed by atoms with Gasteiger partial charge in [-0.1, -0.05) is 11.2 Å². The lowest BCUT2D eigenvalue weighted by Gasteiger charge is -2.26. The lowest BCUT2D eigenvalue weighted by molar-refractivity contribution is -0.132. The van der Waals surface area contributed by atoms with Crippen LogP contribution in [0.5, 0.6) is 11.5 Å². The van der Waals surface area contributed by atoms with Crippen molar-refractivity contribution < 1.29 is 23.2 Å². The molecule has 1 atom stereocenters. The van der Waals surface area contributed by atoms with Crippen LogP contribution in [0.15, 0.2) is 47.0 Å². The second kappa shape index (κ2) is 8.98. The third-order valence-corrected chi connectivity index (χ3v) is 5.88. The molecule has 2 aliphatic rings. The molecule has 0 bridgehead atoms. The number of nitrogens with zero attached hydrogens (tertiary/aromatic N) is 3. The molecule has 3 heterocycles. The first-order valence-corrected chi connectivity index (χ1v) is 10.9. The molecular formula is C24H24FN3O4. The summed E-state index contributed by atoms with van der Waals surface area (Å²) in [6.07, 6.45) is 3.47. The standard InChI is InChI=1S/C24H24FN3O4/c25-18-9-6-16(7-10-18)24-26-22(32-27-24)4-1-5-23(29)28-12-2-3-19(28)17-8-11-20-21(15-17)31-14-13-30-20/h6-11,15,19H,1-5,12-14H2. The molecule has 0 aliphatic carbocycles. The van der Waals surface area contributed by atoms with Crippen molar-refractivity contribution in [3.63, 3.8) is 0 Å². The van der Waals surface area contributed by atoms with E-state index < -0.39 is 0 Å². The Balaban J connectivity index is 1.18. The quantitative estimate of drug-likeness (QED) is 0.571. The van der Waals surface area contributed by atoms with Gasteiger partial charge in [-0.15, -0.1) is 0 Å². The van der Waals surface area contributed by atoms with Crippen LogP contribution in [0.25, 0.3) is 11.4 Å². The lowest BCUT2D eigenvalue weighted by Crippen LogP contribution is -2.30. The zero-order chi connectivity index (χ0) is 21.9. The van der Waals surface area contributed by atoms with E-state index in [4.69, 9.17) is 14.0 Å². The van der Waals surface area contributed by atoms with E-state index in [1.165, 1.54) is 12.1 Å². The van der Waals surface area contributed by atoms with Crippen LogP contribution in [0.4, 0.5) is 4.39 Å². The predicted molar refractivity (Wildman–Crippen MR) is 114 cm³/mol. The summed E-state index contributed by atoms with van der Waals surface area (Å²) in [5.74, 6) is 2.22. The van der Waals surface area contributed by atoms with Gasteiger partial charge in [-0.05, 0) is 61.2 Å². The number of ether oxygens (including phenoxy) is 2. The Kier molecular flexibility index (Phi) is 5.75. The number of halogens is 1. The first kappa shape index (κ1) is 20.5. The monoisotopic (exact) mass is 437 g/mol. The van der Waals surface area contributed by atoms with E-state index in [1.807, 2.05) is 23.1 Å². The summed E-state index contributed by atoms with van der Waals surface area (Å²) in [4.78, 5) is 19.3. The van der Waals surface area contributed by atoms with E-state index in [0.717, 1.165) is 36.4 Å². The summed E-state index contributed by atoms with van der Waals surface area (Å²) < 4.78 is 29.7. The Morgan fingerprint density at radius 1 is 1.09 bits per heavy atom. The first-order valence-electron chi connectivity index (χ1n) is 10.9. The van der Waals surface area contributed by atoms with E-state index in [-0.39, 0.29) is 17.8 Å². The van der Waals surface area contributed by atoms with E-state index in [1.54, 1.807) is 12.1 Å². The largest absolute Gasteiger partial charge is 0.486 e. The fourth-order valence-electron chi connectivity index (χ4n) is 4.29. The van der Waals surface area contributed by atoms with Crippen LogP contribution in [-0.2, 0) is 11.2 Å². The number of benzene rings is 2. The maximum atomic E-state index is 13.1. The van der Waals surface area contributed by atoms with Gasteiger partial charge in [0.05, 0.1) is 6.04 Å². The van der Waals surface area contributed by atoms with Gasteiger partial charge >= 0.3 is 0 Å². The number of rotatable bonds is 6. The molecular weight excluding hydrogens is 413 g/mol. The van der Waals surface area contributed by atoms with Gasteiger partial charge in [0, 0.05) is 24.9 Å². The van der Waals surface area contributed by atoms with Crippen molar-refractivity contribution in [2.24, 2.45) is 0 Å². The predicted octanol–water partition coefficient (Wildman–Crippen LogP) is 4.33. The molecule has 1 aromatic heterocycles. The third-order valence-electron chi connectivity index (χ3n) is 5.88. The van der Waals surface area contributed by atoms with Crippen molar-refractivity contribution in [3.05, 3.63) is 59.7 Å². The van der Waals surface area contributed by atoms with Crippen molar-refractivity contribution in [1.82, 2.24) is 15.0 Å². The van der Waals surface area contributed by atoms with Crippen LogP contribution in [0, 0.1) is 5.82 Å². The van der Waals surface area contributed by atoms with Gasteiger partial charge in [-0.2, -0.15) is 4.98 Å². The molecule has 1 saturated heterocycles. The van der Waals surface area contributed by atoms with Crippen molar-refractivity contribution in [3.8, 4) is 22.9 Å². The molecule has 166 valence electrons. The van der Waals surface area contributed by atoms with Crippen LogP contribution < -0.4 is 9.47 Å². The Bertz CT molecular complexity index is 1100. The Labute approximate surface area is 185 Å². The number of aryl methyl sites for hydroxylation is 1. The van der Waals surface area contributed by atoms with Gasteiger partial charge in [-0.3, -0.25) is 4.79 Å². The highest BCUT2D eigenvalue weighted by molar-refractivity contribution is 5.77. The van der Waals surface area contributed by atoms with Crippen LogP contribution in [0.3, 0.4) is 0 Å². The molecule has 0 saturated carbocycles. The molecule has 1 amide bonds. The molecule has 0 spiro atoms. The van der Waals surface area contributed by atoms with Crippen LogP contribution in [-0.4, -0.2) is 40.7 Å². The number of fused-ring (bicyclic) bond motifs is 1. The van der Waals surface area contributed by atoms with Gasteiger partial charge in [0.2, 0.25) is 17.6 Å². The molecule has 1 unspecified atom stereocenters. The summed E-state index contributed by atoms with van der Waals surface area (Å²) in [6, 6.07) is 12.0. The number of aromatic nitrogens is 2. The van der Waals surface area contributed by atoms with Crippen LogP contribution in [0.2, 0.25) is 0 Å². The Morgan fingerprint density at radius 3 is 2.75 bits per heavy atom. The summed E-state index contributed by atoms with van der Waals surface area (Å²) in [5.41, 5.74) is 1.78. The minimum atomic E-state index is -0.313. The molecule has 0 radical (unpaired) electrons. The smallest absolute Gasteiger partial charge is 0.226 e. The average Bonchev–Trinajstić information content (AvgIpc) is 3.49. The van der Waals surface area contributed by atoms with E-state index in [0.29, 0.717) is 49.8 Å². The second-order valence-electron chi connectivity index (χ2n) is 8.02. The van der Waals surface area contributed by atoms with Crippen molar-refractivity contribution >= 4 is 5.91 Å². The number of carbonyl (C=O) groups excluding carboxylic acids is 1. The highest BCUT2D eigenvalue weighted by Gasteiger charge is 2.30. The third kappa shape index (κ3) is 4.30. The van der Waals surface area contributed by atoms with Gasteiger partial charge in [0.25, 0.3) is 0 Å². The second-order valence-corrected chi connectivity index (χ2v) is 8.02. The lowest BCUT2D eigenvalue weighted by atomic mass is 10.0. The highest BCUT2D eigenvalue weighted by atomic mass is 19.1. The van der Waals surface area contributed by atoms with Gasteiger partial charge in [0.1, 0.15) is 19.0 Å². The molecule has 5 rings (SSSR count). The molecule has 7 nitrogen and oxygen atoms in total. The Morgan fingerprint density at radius 2 is 1.91 bits per heavy atom. The topological polar surface area (TPSA) is 77.7 Å². The molecule has 2 aliphatic heterocycles. The number of likely N-dealkylation sites (tertiary alicyclic amines) is 1. The van der Waals surface area contributed by atoms with Crippen molar-refractivity contribution in [2.45, 2.75) is 38.1 Å². The minimum absolute atomic E-state index is 0.0619. The first-order chi connectivity index (χ1) is 15.7. The fourth-order valence-corrected chi connectivity index (χ4v) is 4.29. The zero-order valence-corrected chi connectivity index (χ0v) is 17.6. The summed E-state index contributed by atoms with van der Waals surface area (Å²) in [7, 11) is 0. The average molecular weight is 437 g/mol. The van der Waals surface area contributed by atoms with Gasteiger partial charge in [0.15, 0.2) is 11.5 Å². The molecule has 2 aromatic carbocycles. The normalized spacial score (nSPS) is 17.5. The van der Waals surface area contributed by atoms with E-state index >= 15 is 0 Å². The maximum Gasteiger partial charge on any atom is 0.226 e. The highest BCUT2D eigenvalue weighted by Crippen LogP contribution is 2.38. The molecule has 3 aromatic rings. The molecule has 0 N–H and O–H groups in total. The van der Waals surface area contributed by atoms with E-state index in [9.17, 15) is 9.18 Å². The number of hydrogen-bond donors (Lipinski definition) is 0. The number of amides is 1. The maximum absolute atomic E-state index is 13.1. The fraction of sp³-hybridized carbons (Fsp3) is 0.375.